The van der Waals surface area contributed by atoms with Crippen molar-refractivity contribution in [3.8, 4) is 11.5 Å². The average molecular weight is 375 g/mol. The van der Waals surface area contributed by atoms with Crippen LogP contribution >= 0.6 is 11.6 Å². The van der Waals surface area contributed by atoms with Gasteiger partial charge < -0.3 is 16.8 Å². The first-order valence-corrected chi connectivity index (χ1v) is 7.86. The molecule has 0 spiro atoms. The van der Waals surface area contributed by atoms with E-state index >= 15 is 0 Å². The summed E-state index contributed by atoms with van der Waals surface area (Å²) in [5, 5.41) is 0.422. The number of oxazole rings is 1. The highest BCUT2D eigenvalue weighted by Gasteiger charge is 2.11. The van der Waals surface area contributed by atoms with E-state index in [9.17, 15) is 4.39 Å². The summed E-state index contributed by atoms with van der Waals surface area (Å²) < 4.78 is 20.8. The van der Waals surface area contributed by atoms with Crippen LogP contribution in [0.3, 0.4) is 0 Å². The monoisotopic (exact) mass is 374 g/mol. The third-order valence-electron chi connectivity index (χ3n) is 3.80. The molecule has 2 aromatic carbocycles. The van der Waals surface area contributed by atoms with E-state index in [2.05, 4.69) is 4.98 Å². The zero-order valence-electron chi connectivity index (χ0n) is 13.0. The van der Waals surface area contributed by atoms with E-state index in [0.29, 0.717) is 17.5 Å². The van der Waals surface area contributed by atoms with Crippen molar-refractivity contribution >= 4 is 22.7 Å². The topological polar surface area (TPSA) is 29.9 Å². The number of fused-ring (bicyclic) bond motifs is 1. The minimum Gasteiger partial charge on any atom is -1.00 e. The summed E-state index contributed by atoms with van der Waals surface area (Å²) in [6.07, 6.45) is 3.84. The molecule has 0 saturated carbocycles. The largest absolute Gasteiger partial charge is 1.00 e. The molecule has 0 N–H and O–H groups in total. The molecule has 2 heterocycles. The normalized spacial score (nSPS) is 10.6. The van der Waals surface area contributed by atoms with Crippen LogP contribution in [0.2, 0.25) is 5.02 Å². The maximum atomic E-state index is 13.1. The van der Waals surface area contributed by atoms with Crippen molar-refractivity contribution in [3.05, 3.63) is 83.4 Å². The molecule has 0 amide bonds. The van der Waals surface area contributed by atoms with E-state index in [1.54, 1.807) is 6.07 Å². The Labute approximate surface area is 155 Å². The van der Waals surface area contributed by atoms with Gasteiger partial charge >= 0.3 is 0 Å². The van der Waals surface area contributed by atoms with Gasteiger partial charge in [0.25, 0.3) is 0 Å². The molecule has 25 heavy (non-hydrogen) atoms. The van der Waals surface area contributed by atoms with Gasteiger partial charge in [0.05, 0.1) is 5.02 Å². The van der Waals surface area contributed by atoms with Gasteiger partial charge in [-0.1, -0.05) is 23.7 Å². The Balaban J connectivity index is 0.00000182. The first kappa shape index (κ1) is 17.4. The number of benzene rings is 2. The fraction of sp³-hybridized carbons (Fsp3) is 0.0526. The van der Waals surface area contributed by atoms with Crippen molar-refractivity contribution in [2.45, 2.75) is 6.54 Å². The summed E-state index contributed by atoms with van der Waals surface area (Å²) in [5.74, 6) is 0.253. The second-order valence-electron chi connectivity index (χ2n) is 5.48. The van der Waals surface area contributed by atoms with Gasteiger partial charge in [0.2, 0.25) is 5.89 Å². The predicted octanol–water partition coefficient (Wildman–Crippen LogP) is 1.63. The zero-order valence-corrected chi connectivity index (χ0v) is 14.5. The highest BCUT2D eigenvalue weighted by molar-refractivity contribution is 6.31. The Morgan fingerprint density at radius 3 is 2.52 bits per heavy atom. The van der Waals surface area contributed by atoms with Gasteiger partial charge in [-0.3, -0.25) is 0 Å². The molecule has 4 aromatic rings. The number of para-hydroxylation sites is 2. The molecule has 6 heteroatoms. The lowest BCUT2D eigenvalue weighted by Crippen LogP contribution is -3.00. The molecule has 2 aromatic heterocycles. The smallest absolute Gasteiger partial charge is 0.227 e. The van der Waals surface area contributed by atoms with Crippen molar-refractivity contribution in [1.82, 2.24) is 4.98 Å². The molecule has 0 bridgehead atoms. The average Bonchev–Trinajstić information content (AvgIpc) is 3.02. The van der Waals surface area contributed by atoms with Crippen LogP contribution < -0.4 is 17.0 Å². The Morgan fingerprint density at radius 1 is 1.04 bits per heavy atom. The summed E-state index contributed by atoms with van der Waals surface area (Å²) in [6.45, 7) is 0.562. The lowest BCUT2D eigenvalue weighted by atomic mass is 10.2. The van der Waals surface area contributed by atoms with Gasteiger partial charge in [0.15, 0.2) is 24.5 Å². The van der Waals surface area contributed by atoms with Crippen molar-refractivity contribution in [2.24, 2.45) is 0 Å². The second kappa shape index (κ2) is 7.21. The molecular weight excluding hydrogens is 362 g/mol. The summed E-state index contributed by atoms with van der Waals surface area (Å²) in [5.41, 5.74) is 3.36. The van der Waals surface area contributed by atoms with Crippen LogP contribution in [-0.4, -0.2) is 4.98 Å². The Kier molecular flexibility index (Phi) is 5.02. The van der Waals surface area contributed by atoms with Gasteiger partial charge in [0.1, 0.15) is 11.3 Å². The maximum Gasteiger partial charge on any atom is 0.227 e. The van der Waals surface area contributed by atoms with E-state index in [1.165, 1.54) is 12.1 Å². The molecule has 0 aliphatic heterocycles. The van der Waals surface area contributed by atoms with Crippen LogP contribution in [0, 0.1) is 5.82 Å². The van der Waals surface area contributed by atoms with Crippen LogP contribution in [0.5, 0.6) is 0 Å². The van der Waals surface area contributed by atoms with Crippen LogP contribution in [0.4, 0.5) is 4.39 Å². The summed E-state index contributed by atoms with van der Waals surface area (Å²) in [6, 6.07) is 16.0. The molecule has 0 unspecified atom stereocenters. The third-order valence-corrected chi connectivity index (χ3v) is 4.15. The van der Waals surface area contributed by atoms with Crippen molar-refractivity contribution in [3.63, 3.8) is 0 Å². The molecule has 126 valence electrons. The Bertz CT molecular complexity index is 983. The molecule has 0 aliphatic rings. The zero-order chi connectivity index (χ0) is 16.5. The van der Waals surface area contributed by atoms with E-state index in [1.807, 2.05) is 53.4 Å². The van der Waals surface area contributed by atoms with Crippen molar-refractivity contribution in [2.75, 3.05) is 0 Å². The van der Waals surface area contributed by atoms with Gasteiger partial charge in [-0.15, -0.1) is 0 Å². The summed E-state index contributed by atoms with van der Waals surface area (Å²) >= 11 is 6.07. The maximum absolute atomic E-state index is 13.1. The Hall–Kier alpha value is -2.43. The van der Waals surface area contributed by atoms with Crippen LogP contribution in [0.25, 0.3) is 22.6 Å². The van der Waals surface area contributed by atoms with E-state index in [0.717, 1.165) is 22.2 Å². The van der Waals surface area contributed by atoms with Crippen LogP contribution in [0.15, 0.2) is 71.4 Å². The number of hydrogen-bond acceptors (Lipinski definition) is 2. The van der Waals surface area contributed by atoms with Gasteiger partial charge in [-0.25, -0.2) is 13.9 Å². The van der Waals surface area contributed by atoms with Crippen LogP contribution in [0.1, 0.15) is 5.56 Å². The molecule has 0 saturated heterocycles. The molecule has 0 atom stereocenters. The molecule has 4 rings (SSSR count). The minimum atomic E-state index is -0.333. The molecule has 3 nitrogen and oxygen atoms in total. The molecule has 0 aliphatic carbocycles. The number of aromatic nitrogens is 2. The number of rotatable bonds is 3. The Morgan fingerprint density at radius 2 is 1.80 bits per heavy atom. The second-order valence-corrected chi connectivity index (χ2v) is 5.89. The SMILES string of the molecule is Fc1ccc(C[n+]2ccc(-c3nc4ccccc4o3)cc2)c(Cl)c1.[Cl-]. The number of pyridine rings is 1. The molecule has 0 radical (unpaired) electrons. The van der Waals surface area contributed by atoms with E-state index < -0.39 is 0 Å². The number of halogens is 3. The van der Waals surface area contributed by atoms with Crippen LogP contribution in [-0.2, 0) is 6.54 Å². The van der Waals surface area contributed by atoms with E-state index in [-0.39, 0.29) is 18.2 Å². The number of nitrogens with zero attached hydrogens (tertiary/aromatic N) is 2. The highest BCUT2D eigenvalue weighted by atomic mass is 35.5. The third kappa shape index (κ3) is 3.65. The first-order valence-electron chi connectivity index (χ1n) is 7.48. The van der Waals surface area contributed by atoms with Gasteiger partial charge in [-0.2, -0.15) is 0 Å². The minimum absolute atomic E-state index is 0. The fourth-order valence-corrected chi connectivity index (χ4v) is 2.77. The standard InChI is InChI=1S/C19H13ClFN2O.ClH/c20-16-11-15(21)6-5-14(16)12-23-9-7-13(8-10-23)19-22-17-3-1-2-4-18(17)24-19;/h1-11H,12H2;1H/q+1;/p-1. The first-order chi connectivity index (χ1) is 11.7. The fourth-order valence-electron chi connectivity index (χ4n) is 2.55. The summed E-state index contributed by atoms with van der Waals surface area (Å²) in [7, 11) is 0. The molecular formula is C19H13Cl2FN2O. The van der Waals surface area contributed by atoms with Gasteiger partial charge in [0, 0.05) is 23.3 Å². The van der Waals surface area contributed by atoms with E-state index in [4.69, 9.17) is 16.0 Å². The van der Waals surface area contributed by atoms with Gasteiger partial charge in [-0.05, 0) is 30.3 Å². The lowest BCUT2D eigenvalue weighted by molar-refractivity contribution is -0.688. The van der Waals surface area contributed by atoms with Crippen molar-refractivity contribution in [1.29, 1.82) is 0 Å². The molecule has 0 fully saturated rings. The van der Waals surface area contributed by atoms with Crippen molar-refractivity contribution < 1.29 is 25.8 Å². The highest BCUT2D eigenvalue weighted by Crippen LogP contribution is 2.23. The number of hydrogen-bond donors (Lipinski definition) is 0. The lowest BCUT2D eigenvalue weighted by Gasteiger charge is -2.01. The predicted molar refractivity (Wildman–Crippen MR) is 90.2 cm³/mol. The quantitative estimate of drug-likeness (QED) is 0.510. The summed E-state index contributed by atoms with van der Waals surface area (Å²) in [4.78, 5) is 4.48.